The zero-order valence-corrected chi connectivity index (χ0v) is 16.8. The standard InChI is InChI=1S/C19H25F2N3O.2ClH/c20-16-2-1-3-17(21)19(16)24-7-6-15(11-24)23-18(25)10-12-8-13-4-5-14(9-12)22-13;;/h1-3,12-15,22H,4-11H2,(H,23,25);2*1H. The van der Waals surface area contributed by atoms with Gasteiger partial charge < -0.3 is 15.5 Å². The number of piperidine rings is 1. The fraction of sp³-hybridized carbons (Fsp3) is 0.632. The normalized spacial score (nSPS) is 29.0. The molecule has 0 aromatic heterocycles. The van der Waals surface area contributed by atoms with Gasteiger partial charge in [0.25, 0.3) is 0 Å². The molecule has 3 heterocycles. The van der Waals surface area contributed by atoms with E-state index in [2.05, 4.69) is 10.6 Å². The maximum absolute atomic E-state index is 13.9. The van der Waals surface area contributed by atoms with Crippen molar-refractivity contribution in [3.05, 3.63) is 29.8 Å². The fourth-order valence-corrected chi connectivity index (χ4v) is 4.76. The molecular weight excluding hydrogens is 395 g/mol. The van der Waals surface area contributed by atoms with Crippen LogP contribution in [-0.2, 0) is 4.79 Å². The van der Waals surface area contributed by atoms with E-state index in [0.29, 0.717) is 37.5 Å². The molecule has 3 saturated heterocycles. The number of halogens is 4. The highest BCUT2D eigenvalue weighted by molar-refractivity contribution is 5.85. The summed E-state index contributed by atoms with van der Waals surface area (Å²) in [4.78, 5) is 14.1. The molecule has 152 valence electrons. The van der Waals surface area contributed by atoms with Crippen molar-refractivity contribution in [2.45, 2.75) is 56.7 Å². The van der Waals surface area contributed by atoms with Crippen LogP contribution in [-0.4, -0.2) is 37.1 Å². The van der Waals surface area contributed by atoms with Crippen LogP contribution in [0.3, 0.4) is 0 Å². The molecule has 8 heteroatoms. The van der Waals surface area contributed by atoms with Crippen molar-refractivity contribution in [1.29, 1.82) is 0 Å². The Morgan fingerprint density at radius 1 is 1.11 bits per heavy atom. The number of nitrogens with zero attached hydrogens (tertiary/aromatic N) is 1. The molecule has 4 nitrogen and oxygen atoms in total. The Kier molecular flexibility index (Phi) is 7.72. The van der Waals surface area contributed by atoms with Gasteiger partial charge >= 0.3 is 0 Å². The van der Waals surface area contributed by atoms with Gasteiger partial charge in [0.1, 0.15) is 17.3 Å². The van der Waals surface area contributed by atoms with Crippen molar-refractivity contribution in [3.63, 3.8) is 0 Å². The average molecular weight is 422 g/mol. The van der Waals surface area contributed by atoms with E-state index in [-0.39, 0.29) is 42.5 Å². The van der Waals surface area contributed by atoms with Gasteiger partial charge in [0.15, 0.2) is 0 Å². The third-order valence-electron chi connectivity index (χ3n) is 5.85. The predicted octanol–water partition coefficient (Wildman–Crippen LogP) is 3.42. The molecular formula is C19H27Cl2F2N3O. The summed E-state index contributed by atoms with van der Waals surface area (Å²) in [5.74, 6) is -0.554. The Balaban J connectivity index is 0.00000131. The summed E-state index contributed by atoms with van der Waals surface area (Å²) in [6, 6.07) is 5.05. The zero-order chi connectivity index (χ0) is 17.4. The molecule has 3 unspecified atom stereocenters. The lowest BCUT2D eigenvalue weighted by Crippen LogP contribution is -2.42. The average Bonchev–Trinajstić information content (AvgIpc) is 3.14. The lowest BCUT2D eigenvalue weighted by molar-refractivity contribution is -0.122. The molecule has 0 spiro atoms. The van der Waals surface area contributed by atoms with Gasteiger partial charge in [-0.05, 0) is 50.2 Å². The van der Waals surface area contributed by atoms with Gasteiger partial charge in [0.2, 0.25) is 5.91 Å². The Morgan fingerprint density at radius 3 is 2.37 bits per heavy atom. The van der Waals surface area contributed by atoms with E-state index in [1.807, 2.05) is 0 Å². The molecule has 1 aromatic rings. The molecule has 27 heavy (non-hydrogen) atoms. The summed E-state index contributed by atoms with van der Waals surface area (Å²) < 4.78 is 27.8. The predicted molar refractivity (Wildman–Crippen MR) is 107 cm³/mol. The molecule has 3 aliphatic rings. The molecule has 1 aromatic carbocycles. The van der Waals surface area contributed by atoms with E-state index >= 15 is 0 Å². The Labute approximate surface area is 171 Å². The van der Waals surface area contributed by atoms with E-state index in [1.165, 1.54) is 31.0 Å². The highest BCUT2D eigenvalue weighted by Crippen LogP contribution is 2.33. The van der Waals surface area contributed by atoms with Gasteiger partial charge in [-0.25, -0.2) is 8.78 Å². The van der Waals surface area contributed by atoms with Gasteiger partial charge in [-0.2, -0.15) is 0 Å². The summed E-state index contributed by atoms with van der Waals surface area (Å²) in [6.07, 6.45) is 5.92. The quantitative estimate of drug-likeness (QED) is 0.782. The molecule has 2 bridgehead atoms. The molecule has 3 atom stereocenters. The van der Waals surface area contributed by atoms with E-state index in [9.17, 15) is 13.6 Å². The van der Waals surface area contributed by atoms with Crippen molar-refractivity contribution in [2.75, 3.05) is 18.0 Å². The van der Waals surface area contributed by atoms with Crippen LogP contribution < -0.4 is 15.5 Å². The Bertz CT molecular complexity index is 632. The number of rotatable bonds is 4. The molecule has 0 aliphatic carbocycles. The van der Waals surface area contributed by atoms with Crippen molar-refractivity contribution in [2.24, 2.45) is 5.92 Å². The number of amides is 1. The van der Waals surface area contributed by atoms with Gasteiger partial charge in [-0.15, -0.1) is 24.8 Å². The molecule has 3 fully saturated rings. The number of carbonyl (C=O) groups is 1. The lowest BCUT2D eigenvalue weighted by atomic mass is 9.89. The first-order valence-corrected chi connectivity index (χ1v) is 9.33. The summed E-state index contributed by atoms with van der Waals surface area (Å²) in [7, 11) is 0. The first-order valence-electron chi connectivity index (χ1n) is 9.33. The van der Waals surface area contributed by atoms with Crippen molar-refractivity contribution in [1.82, 2.24) is 10.6 Å². The third kappa shape index (κ3) is 5.04. The molecule has 0 saturated carbocycles. The van der Waals surface area contributed by atoms with E-state index in [0.717, 1.165) is 19.3 Å². The van der Waals surface area contributed by atoms with Crippen LogP contribution in [0.15, 0.2) is 18.2 Å². The van der Waals surface area contributed by atoms with Crippen LogP contribution in [0.4, 0.5) is 14.5 Å². The minimum absolute atomic E-state index is 0. The first kappa shape index (κ1) is 22.2. The van der Waals surface area contributed by atoms with Gasteiger partial charge in [-0.3, -0.25) is 4.79 Å². The number of hydrogen-bond donors (Lipinski definition) is 2. The number of anilines is 1. The van der Waals surface area contributed by atoms with E-state index in [4.69, 9.17) is 0 Å². The van der Waals surface area contributed by atoms with Crippen molar-refractivity contribution in [3.8, 4) is 0 Å². The van der Waals surface area contributed by atoms with Crippen LogP contribution in [0.25, 0.3) is 0 Å². The van der Waals surface area contributed by atoms with Crippen LogP contribution >= 0.6 is 24.8 Å². The fourth-order valence-electron chi connectivity index (χ4n) is 4.76. The topological polar surface area (TPSA) is 44.4 Å². The number of para-hydroxylation sites is 1. The summed E-state index contributed by atoms with van der Waals surface area (Å²) in [5.41, 5.74) is 0.0224. The van der Waals surface area contributed by atoms with Crippen molar-refractivity contribution >= 4 is 36.4 Å². The minimum Gasteiger partial charge on any atom is -0.365 e. The number of hydrogen-bond acceptors (Lipinski definition) is 3. The van der Waals surface area contributed by atoms with Crippen molar-refractivity contribution < 1.29 is 13.6 Å². The molecule has 3 aliphatic heterocycles. The Hall–Kier alpha value is -1.11. The van der Waals surface area contributed by atoms with Crippen LogP contribution in [0.1, 0.15) is 38.5 Å². The number of benzene rings is 1. The number of carbonyl (C=O) groups excluding carboxylic acids is 1. The SMILES string of the molecule is Cl.Cl.O=C(CC1CC2CCC(C1)N2)NC1CCN(c2c(F)cccc2F)C1. The lowest BCUT2D eigenvalue weighted by Gasteiger charge is -2.29. The van der Waals surface area contributed by atoms with Crippen LogP contribution in [0, 0.1) is 17.6 Å². The monoisotopic (exact) mass is 421 g/mol. The van der Waals surface area contributed by atoms with Gasteiger partial charge in [0, 0.05) is 37.6 Å². The van der Waals surface area contributed by atoms with E-state index < -0.39 is 11.6 Å². The highest BCUT2D eigenvalue weighted by atomic mass is 35.5. The van der Waals surface area contributed by atoms with Crippen LogP contribution in [0.5, 0.6) is 0 Å². The first-order chi connectivity index (χ1) is 12.1. The van der Waals surface area contributed by atoms with Gasteiger partial charge in [0.05, 0.1) is 0 Å². The second-order valence-electron chi connectivity index (χ2n) is 7.75. The molecule has 4 rings (SSSR count). The summed E-state index contributed by atoms with van der Waals surface area (Å²) in [5, 5.41) is 6.66. The smallest absolute Gasteiger partial charge is 0.220 e. The van der Waals surface area contributed by atoms with Crippen LogP contribution in [0.2, 0.25) is 0 Å². The largest absolute Gasteiger partial charge is 0.365 e. The number of fused-ring (bicyclic) bond motifs is 2. The summed E-state index contributed by atoms with van der Waals surface area (Å²) >= 11 is 0. The molecule has 0 radical (unpaired) electrons. The zero-order valence-electron chi connectivity index (χ0n) is 15.1. The minimum atomic E-state index is -0.544. The molecule has 1 amide bonds. The van der Waals surface area contributed by atoms with E-state index in [1.54, 1.807) is 4.90 Å². The van der Waals surface area contributed by atoms with Gasteiger partial charge in [-0.1, -0.05) is 6.07 Å². The number of nitrogens with one attached hydrogen (secondary N) is 2. The maximum Gasteiger partial charge on any atom is 0.220 e. The third-order valence-corrected chi connectivity index (χ3v) is 5.85. The highest BCUT2D eigenvalue weighted by Gasteiger charge is 2.35. The second-order valence-corrected chi connectivity index (χ2v) is 7.75. The summed E-state index contributed by atoms with van der Waals surface area (Å²) in [6.45, 7) is 1.02. The Morgan fingerprint density at radius 2 is 1.74 bits per heavy atom. The molecule has 2 N–H and O–H groups in total. The second kappa shape index (κ2) is 9.39. The maximum atomic E-state index is 13.9.